The van der Waals surface area contributed by atoms with Gasteiger partial charge in [-0.3, -0.25) is 9.59 Å². The Morgan fingerprint density at radius 3 is 1.82 bits per heavy atom. The molecule has 0 spiro atoms. The third kappa shape index (κ3) is 2.31. The molecule has 0 heterocycles. The van der Waals surface area contributed by atoms with Crippen molar-refractivity contribution >= 4 is 11.6 Å². The maximum atomic E-state index is 11.6. The molecule has 2 rings (SSSR count). The van der Waals surface area contributed by atoms with Gasteiger partial charge in [0.2, 0.25) is 0 Å². The molecule has 0 radical (unpaired) electrons. The molecule has 1 fully saturated rings. The number of hydrogen-bond donors (Lipinski definition) is 0. The van der Waals surface area contributed by atoms with E-state index in [1.165, 1.54) is 5.56 Å². The molecule has 17 heavy (non-hydrogen) atoms. The molecule has 1 saturated carbocycles. The van der Waals surface area contributed by atoms with Gasteiger partial charge in [0.25, 0.3) is 0 Å². The first kappa shape index (κ1) is 12.0. The van der Waals surface area contributed by atoms with Crippen LogP contribution in [0.3, 0.4) is 0 Å². The lowest BCUT2D eigenvalue weighted by atomic mass is 9.85. The number of rotatable bonds is 1. The second-order valence-electron chi connectivity index (χ2n) is 5.74. The molecule has 0 unspecified atom stereocenters. The number of Topliss-reactive ketones (excluding diaryl/α,β-unsaturated/α-hetero) is 2. The van der Waals surface area contributed by atoms with Crippen molar-refractivity contribution in [2.45, 2.75) is 44.9 Å². The predicted octanol–water partition coefficient (Wildman–Crippen LogP) is 3.00. The van der Waals surface area contributed by atoms with E-state index in [4.69, 9.17) is 0 Å². The minimum atomic E-state index is -0.496. The summed E-state index contributed by atoms with van der Waals surface area (Å²) in [5, 5.41) is 0. The van der Waals surface area contributed by atoms with E-state index in [1.54, 1.807) is 0 Å². The van der Waals surface area contributed by atoms with Gasteiger partial charge in [-0.2, -0.15) is 0 Å². The molecule has 1 aliphatic carbocycles. The Labute approximate surface area is 102 Å². The van der Waals surface area contributed by atoms with E-state index in [2.05, 4.69) is 20.8 Å². The monoisotopic (exact) mass is 230 g/mol. The molecule has 0 saturated heterocycles. The molecule has 0 bridgehead atoms. The second-order valence-corrected chi connectivity index (χ2v) is 5.74. The number of hydrogen-bond acceptors (Lipinski definition) is 2. The summed E-state index contributed by atoms with van der Waals surface area (Å²) in [6.07, 6.45) is 0.815. The van der Waals surface area contributed by atoms with Crippen molar-refractivity contribution in [3.8, 4) is 0 Å². The summed E-state index contributed by atoms with van der Waals surface area (Å²) in [6.45, 7) is 6.44. The summed E-state index contributed by atoms with van der Waals surface area (Å²) in [4.78, 5) is 23.3. The fraction of sp³-hybridized carbons (Fsp3) is 0.467. The van der Waals surface area contributed by atoms with Crippen LogP contribution in [0.15, 0.2) is 24.3 Å². The molecule has 0 N–H and O–H groups in total. The molecule has 1 aliphatic rings. The van der Waals surface area contributed by atoms with Crippen LogP contribution in [0.5, 0.6) is 0 Å². The van der Waals surface area contributed by atoms with E-state index in [1.807, 2.05) is 24.3 Å². The average Bonchev–Trinajstić information content (AvgIpc) is 2.58. The predicted molar refractivity (Wildman–Crippen MR) is 67.1 cm³/mol. The van der Waals surface area contributed by atoms with Gasteiger partial charge in [0.05, 0.1) is 0 Å². The maximum Gasteiger partial charge on any atom is 0.148 e. The van der Waals surface area contributed by atoms with Crippen molar-refractivity contribution in [2.24, 2.45) is 0 Å². The Bertz CT molecular complexity index is 433. The first-order valence-corrected chi connectivity index (χ1v) is 6.05. The van der Waals surface area contributed by atoms with Crippen LogP contribution in [0.25, 0.3) is 0 Å². The fourth-order valence-corrected chi connectivity index (χ4v) is 2.26. The lowest BCUT2D eigenvalue weighted by Gasteiger charge is -2.19. The van der Waals surface area contributed by atoms with E-state index in [0.29, 0.717) is 12.8 Å². The minimum Gasteiger partial charge on any atom is -0.299 e. The highest BCUT2D eigenvalue weighted by atomic mass is 16.2. The van der Waals surface area contributed by atoms with Crippen LogP contribution >= 0.6 is 0 Å². The van der Waals surface area contributed by atoms with E-state index in [-0.39, 0.29) is 17.0 Å². The lowest BCUT2D eigenvalue weighted by molar-refractivity contribution is -0.123. The van der Waals surface area contributed by atoms with Crippen molar-refractivity contribution in [1.82, 2.24) is 0 Å². The number of ketones is 2. The first-order chi connectivity index (χ1) is 7.89. The van der Waals surface area contributed by atoms with Crippen molar-refractivity contribution in [3.05, 3.63) is 35.4 Å². The molecule has 1 aromatic carbocycles. The van der Waals surface area contributed by atoms with Crippen molar-refractivity contribution in [3.63, 3.8) is 0 Å². The molecule has 2 nitrogen and oxygen atoms in total. The highest BCUT2D eigenvalue weighted by Gasteiger charge is 2.34. The normalized spacial score (nSPS) is 17.8. The van der Waals surface area contributed by atoms with Crippen molar-refractivity contribution in [1.29, 1.82) is 0 Å². The quantitative estimate of drug-likeness (QED) is 0.695. The van der Waals surface area contributed by atoms with Crippen LogP contribution in [0.2, 0.25) is 0 Å². The Morgan fingerprint density at radius 2 is 1.41 bits per heavy atom. The van der Waals surface area contributed by atoms with Crippen LogP contribution in [0.1, 0.15) is 50.7 Å². The van der Waals surface area contributed by atoms with E-state index < -0.39 is 5.92 Å². The summed E-state index contributed by atoms with van der Waals surface area (Å²) in [7, 11) is 0. The Balaban J connectivity index is 2.30. The van der Waals surface area contributed by atoms with E-state index in [0.717, 1.165) is 5.56 Å². The third-order valence-electron chi connectivity index (χ3n) is 3.37. The van der Waals surface area contributed by atoms with Gasteiger partial charge in [-0.25, -0.2) is 0 Å². The molecule has 2 heteroatoms. The average molecular weight is 230 g/mol. The summed E-state index contributed by atoms with van der Waals surface area (Å²) >= 11 is 0. The zero-order chi connectivity index (χ0) is 12.6. The summed E-state index contributed by atoms with van der Waals surface area (Å²) in [5.41, 5.74) is 2.17. The largest absolute Gasteiger partial charge is 0.299 e. The topological polar surface area (TPSA) is 34.1 Å². The Hall–Kier alpha value is -1.44. The van der Waals surface area contributed by atoms with Crippen molar-refractivity contribution < 1.29 is 9.59 Å². The summed E-state index contributed by atoms with van der Waals surface area (Å²) in [6, 6.07) is 7.89. The number of carbonyl (C=O) groups excluding carboxylic acids is 2. The van der Waals surface area contributed by atoms with Gasteiger partial charge in [-0.05, 0) is 16.5 Å². The fourth-order valence-electron chi connectivity index (χ4n) is 2.26. The zero-order valence-corrected chi connectivity index (χ0v) is 10.6. The molecule has 0 atom stereocenters. The molecule has 90 valence electrons. The maximum absolute atomic E-state index is 11.6. The Kier molecular flexibility index (Phi) is 2.90. The minimum absolute atomic E-state index is 0.0681. The van der Waals surface area contributed by atoms with Crippen LogP contribution in [-0.4, -0.2) is 11.6 Å². The van der Waals surface area contributed by atoms with Gasteiger partial charge in [-0.15, -0.1) is 0 Å². The number of carbonyl (C=O) groups is 2. The standard InChI is InChI=1S/C15H18O2/c1-15(2,3)11-6-4-10(5-7-11)14-12(16)8-9-13(14)17/h4-7,14H,8-9H2,1-3H3. The van der Waals surface area contributed by atoms with Gasteiger partial charge in [-0.1, -0.05) is 45.0 Å². The van der Waals surface area contributed by atoms with Gasteiger partial charge in [0.15, 0.2) is 0 Å². The molecular weight excluding hydrogens is 212 g/mol. The van der Waals surface area contributed by atoms with Crippen LogP contribution in [-0.2, 0) is 15.0 Å². The van der Waals surface area contributed by atoms with E-state index in [9.17, 15) is 9.59 Å². The van der Waals surface area contributed by atoms with Gasteiger partial charge < -0.3 is 0 Å². The lowest BCUT2D eigenvalue weighted by Crippen LogP contribution is -2.14. The SMILES string of the molecule is CC(C)(C)c1ccc(C2C(=O)CCC2=O)cc1. The number of benzene rings is 1. The van der Waals surface area contributed by atoms with Crippen molar-refractivity contribution in [2.75, 3.05) is 0 Å². The highest BCUT2D eigenvalue weighted by molar-refractivity contribution is 6.13. The van der Waals surface area contributed by atoms with Crippen LogP contribution in [0, 0.1) is 0 Å². The van der Waals surface area contributed by atoms with E-state index >= 15 is 0 Å². The highest BCUT2D eigenvalue weighted by Crippen LogP contribution is 2.30. The molecule has 0 amide bonds. The Morgan fingerprint density at radius 1 is 0.941 bits per heavy atom. The second kappa shape index (κ2) is 4.10. The summed E-state index contributed by atoms with van der Waals surface area (Å²) in [5.74, 6) is -0.360. The smallest absolute Gasteiger partial charge is 0.148 e. The zero-order valence-electron chi connectivity index (χ0n) is 10.6. The third-order valence-corrected chi connectivity index (χ3v) is 3.37. The van der Waals surface area contributed by atoms with Crippen LogP contribution in [0.4, 0.5) is 0 Å². The molecule has 0 aliphatic heterocycles. The van der Waals surface area contributed by atoms with Crippen LogP contribution < -0.4 is 0 Å². The van der Waals surface area contributed by atoms with Gasteiger partial charge >= 0.3 is 0 Å². The first-order valence-electron chi connectivity index (χ1n) is 6.05. The van der Waals surface area contributed by atoms with Gasteiger partial charge in [0, 0.05) is 12.8 Å². The molecule has 0 aromatic heterocycles. The molecular formula is C15H18O2. The van der Waals surface area contributed by atoms with Gasteiger partial charge in [0.1, 0.15) is 17.5 Å². The summed E-state index contributed by atoms with van der Waals surface area (Å²) < 4.78 is 0. The molecule has 1 aromatic rings.